The molecule has 0 aliphatic carbocycles. The van der Waals surface area contributed by atoms with Crippen molar-refractivity contribution in [1.29, 1.82) is 0 Å². The molecule has 1 unspecified atom stereocenters. The molecule has 1 atom stereocenters. The Morgan fingerprint density at radius 2 is 1.79 bits per heavy atom. The van der Waals surface area contributed by atoms with E-state index in [0.29, 0.717) is 18.7 Å². The van der Waals surface area contributed by atoms with Gasteiger partial charge in [0, 0.05) is 18.8 Å². The zero-order valence-electron chi connectivity index (χ0n) is 10.8. The van der Waals surface area contributed by atoms with Gasteiger partial charge in [0.2, 0.25) is 0 Å². The minimum atomic E-state index is -0.812. The van der Waals surface area contributed by atoms with Gasteiger partial charge >= 0.3 is 5.97 Å². The van der Waals surface area contributed by atoms with Crippen LogP contribution >= 0.6 is 0 Å². The lowest BCUT2D eigenvalue weighted by atomic mass is 9.95. The van der Waals surface area contributed by atoms with Gasteiger partial charge in [0.15, 0.2) is 0 Å². The maximum absolute atomic E-state index is 11.3. The quantitative estimate of drug-likeness (QED) is 0.891. The Bertz CT molecular complexity index is 538. The predicted octanol–water partition coefficient (Wildman–Crippen LogP) is 2.27. The van der Waals surface area contributed by atoms with E-state index in [2.05, 4.69) is 9.97 Å². The highest BCUT2D eigenvalue weighted by atomic mass is 16.4. The van der Waals surface area contributed by atoms with Crippen LogP contribution in [-0.2, 0) is 17.6 Å². The molecule has 0 fully saturated rings. The number of rotatable bonds is 5. The third kappa shape index (κ3) is 3.88. The lowest BCUT2D eigenvalue weighted by Gasteiger charge is -2.11. The van der Waals surface area contributed by atoms with E-state index in [-0.39, 0.29) is 0 Å². The summed E-state index contributed by atoms with van der Waals surface area (Å²) in [5, 5.41) is 9.29. The van der Waals surface area contributed by atoms with Crippen molar-refractivity contribution in [2.24, 2.45) is 5.92 Å². The molecule has 0 saturated heterocycles. The van der Waals surface area contributed by atoms with Crippen LogP contribution in [0.2, 0.25) is 0 Å². The third-order valence-corrected chi connectivity index (χ3v) is 3.00. The molecule has 1 aromatic carbocycles. The van der Waals surface area contributed by atoms with Crippen molar-refractivity contribution in [1.82, 2.24) is 9.97 Å². The Morgan fingerprint density at radius 1 is 1.16 bits per heavy atom. The van der Waals surface area contributed by atoms with Crippen molar-refractivity contribution >= 4 is 5.97 Å². The molecule has 1 N–H and O–H groups in total. The molecule has 4 heteroatoms. The van der Waals surface area contributed by atoms with E-state index in [1.54, 1.807) is 18.5 Å². The summed E-state index contributed by atoms with van der Waals surface area (Å²) >= 11 is 0. The fraction of sp³-hybridized carbons (Fsp3) is 0.267. The maximum Gasteiger partial charge on any atom is 0.307 e. The molecule has 98 valence electrons. The van der Waals surface area contributed by atoms with Crippen molar-refractivity contribution in [2.45, 2.75) is 19.8 Å². The average Bonchev–Trinajstić information content (AvgIpc) is 2.41. The number of aliphatic carboxylic acids is 1. The summed E-state index contributed by atoms with van der Waals surface area (Å²) in [6.07, 6.45) is 4.11. The molecule has 19 heavy (non-hydrogen) atoms. The van der Waals surface area contributed by atoms with Gasteiger partial charge in [-0.25, -0.2) is 9.97 Å². The van der Waals surface area contributed by atoms with Gasteiger partial charge in [-0.15, -0.1) is 0 Å². The van der Waals surface area contributed by atoms with E-state index in [4.69, 9.17) is 0 Å². The number of nitrogens with zero attached hydrogens (tertiary/aromatic N) is 2. The molecule has 1 heterocycles. The van der Waals surface area contributed by atoms with Crippen LogP contribution in [0.4, 0.5) is 0 Å². The minimum absolute atomic E-state index is 0.351. The Morgan fingerprint density at radius 3 is 2.37 bits per heavy atom. The summed E-state index contributed by atoms with van der Waals surface area (Å²) in [6, 6.07) is 9.65. The second kappa shape index (κ2) is 6.09. The van der Waals surface area contributed by atoms with Gasteiger partial charge in [-0.05, 0) is 25.0 Å². The monoisotopic (exact) mass is 256 g/mol. The first kappa shape index (κ1) is 13.2. The van der Waals surface area contributed by atoms with Gasteiger partial charge in [-0.2, -0.15) is 0 Å². The van der Waals surface area contributed by atoms with E-state index in [9.17, 15) is 9.90 Å². The summed E-state index contributed by atoms with van der Waals surface area (Å²) < 4.78 is 0. The van der Waals surface area contributed by atoms with Crippen molar-refractivity contribution in [3.8, 4) is 0 Å². The number of aromatic nitrogens is 2. The molecular formula is C15H16N2O2. The molecule has 4 nitrogen and oxygen atoms in total. The Labute approximate surface area is 112 Å². The molecule has 0 aliphatic heterocycles. The van der Waals surface area contributed by atoms with Crippen molar-refractivity contribution in [3.05, 3.63) is 59.7 Å². The fourth-order valence-electron chi connectivity index (χ4n) is 1.91. The number of aryl methyl sites for hydroxylation is 1. The van der Waals surface area contributed by atoms with Crippen molar-refractivity contribution in [3.63, 3.8) is 0 Å². The van der Waals surface area contributed by atoms with Crippen LogP contribution in [-0.4, -0.2) is 21.0 Å². The molecule has 0 bridgehead atoms. The zero-order chi connectivity index (χ0) is 13.7. The summed E-state index contributed by atoms with van der Waals surface area (Å²) in [5.74, 6) is -0.736. The number of hydrogen-bond acceptors (Lipinski definition) is 3. The van der Waals surface area contributed by atoms with Gasteiger partial charge in [0.05, 0.1) is 5.92 Å². The molecular weight excluding hydrogens is 240 g/mol. The smallest absolute Gasteiger partial charge is 0.307 e. The number of carbonyl (C=O) groups is 1. The molecule has 0 saturated carbocycles. The standard InChI is InChI=1S/C15H16N2O2/c1-11-3-5-12(6-4-11)9-13(15(18)19)10-14-16-7-2-8-17-14/h2-8,13H,9-10H2,1H3,(H,18,19). The van der Waals surface area contributed by atoms with Gasteiger partial charge in [0.1, 0.15) is 5.82 Å². The normalized spacial score (nSPS) is 12.1. The maximum atomic E-state index is 11.3. The fourth-order valence-corrected chi connectivity index (χ4v) is 1.91. The van der Waals surface area contributed by atoms with Crippen LogP contribution in [0.15, 0.2) is 42.7 Å². The lowest BCUT2D eigenvalue weighted by Crippen LogP contribution is -2.20. The second-order valence-corrected chi connectivity index (χ2v) is 4.59. The zero-order valence-corrected chi connectivity index (χ0v) is 10.8. The predicted molar refractivity (Wildman–Crippen MR) is 71.7 cm³/mol. The highest BCUT2D eigenvalue weighted by molar-refractivity contribution is 5.70. The molecule has 2 rings (SSSR count). The number of carboxylic acids is 1. The summed E-state index contributed by atoms with van der Waals surface area (Å²) in [5.41, 5.74) is 2.19. The lowest BCUT2D eigenvalue weighted by molar-refractivity contribution is -0.141. The van der Waals surface area contributed by atoms with Crippen molar-refractivity contribution < 1.29 is 9.90 Å². The topological polar surface area (TPSA) is 63.1 Å². The first-order chi connectivity index (χ1) is 9.15. The average molecular weight is 256 g/mol. The molecule has 0 spiro atoms. The Kier molecular flexibility index (Phi) is 4.23. The van der Waals surface area contributed by atoms with Crippen LogP contribution in [0.3, 0.4) is 0 Å². The van der Waals surface area contributed by atoms with E-state index in [0.717, 1.165) is 5.56 Å². The van der Waals surface area contributed by atoms with Gasteiger partial charge < -0.3 is 5.11 Å². The minimum Gasteiger partial charge on any atom is -0.481 e. The van der Waals surface area contributed by atoms with Gasteiger partial charge in [0.25, 0.3) is 0 Å². The number of carboxylic acid groups (broad SMARTS) is 1. The Balaban J connectivity index is 2.08. The van der Waals surface area contributed by atoms with Crippen LogP contribution in [0.25, 0.3) is 0 Å². The highest BCUT2D eigenvalue weighted by Gasteiger charge is 2.19. The molecule has 2 aromatic rings. The van der Waals surface area contributed by atoms with Crippen LogP contribution < -0.4 is 0 Å². The highest BCUT2D eigenvalue weighted by Crippen LogP contribution is 2.14. The number of hydrogen-bond donors (Lipinski definition) is 1. The largest absolute Gasteiger partial charge is 0.481 e. The summed E-state index contributed by atoms with van der Waals surface area (Å²) in [6.45, 7) is 2.01. The first-order valence-corrected chi connectivity index (χ1v) is 6.19. The van der Waals surface area contributed by atoms with Crippen LogP contribution in [0.5, 0.6) is 0 Å². The summed E-state index contributed by atoms with van der Waals surface area (Å²) in [4.78, 5) is 19.5. The Hall–Kier alpha value is -2.23. The first-order valence-electron chi connectivity index (χ1n) is 6.19. The second-order valence-electron chi connectivity index (χ2n) is 4.59. The van der Waals surface area contributed by atoms with Crippen molar-refractivity contribution in [2.75, 3.05) is 0 Å². The van der Waals surface area contributed by atoms with E-state index in [1.807, 2.05) is 31.2 Å². The summed E-state index contributed by atoms with van der Waals surface area (Å²) in [7, 11) is 0. The van der Waals surface area contributed by atoms with E-state index in [1.165, 1.54) is 5.56 Å². The molecule has 0 aliphatic rings. The SMILES string of the molecule is Cc1ccc(CC(Cc2ncccn2)C(=O)O)cc1. The number of benzene rings is 1. The van der Waals surface area contributed by atoms with E-state index >= 15 is 0 Å². The van der Waals surface area contributed by atoms with E-state index < -0.39 is 11.9 Å². The van der Waals surface area contributed by atoms with Gasteiger partial charge in [-0.1, -0.05) is 29.8 Å². The van der Waals surface area contributed by atoms with Gasteiger partial charge in [-0.3, -0.25) is 4.79 Å². The molecule has 0 radical (unpaired) electrons. The third-order valence-electron chi connectivity index (χ3n) is 3.00. The molecule has 0 amide bonds. The molecule has 1 aromatic heterocycles. The van der Waals surface area contributed by atoms with Crippen LogP contribution in [0, 0.1) is 12.8 Å². The van der Waals surface area contributed by atoms with Crippen LogP contribution in [0.1, 0.15) is 17.0 Å².